The van der Waals surface area contributed by atoms with Crippen molar-refractivity contribution in [3.05, 3.63) is 63.2 Å². The van der Waals surface area contributed by atoms with Crippen LogP contribution in [0.2, 0.25) is 0 Å². The van der Waals surface area contributed by atoms with E-state index in [1.54, 1.807) is 18.2 Å². The standard InChI is InChI=1S/C19H17N3O5/c1-3-12-4-6-15(7-5-12)21-19(24)14(11-20)8-13-9-16(22(25)26)18(23)17(10-13)27-2/h4-10,23H,3H2,1-2H3,(H,21,24)/b14-8-. The number of benzene rings is 2. The average Bonchev–Trinajstić information content (AvgIpc) is 2.67. The second-order valence-electron chi connectivity index (χ2n) is 5.52. The molecule has 0 aliphatic heterocycles. The summed E-state index contributed by atoms with van der Waals surface area (Å²) >= 11 is 0. The number of carbonyl (C=O) groups excluding carboxylic acids is 1. The lowest BCUT2D eigenvalue weighted by molar-refractivity contribution is -0.386. The predicted molar refractivity (Wildman–Crippen MR) is 99.4 cm³/mol. The van der Waals surface area contributed by atoms with Crippen LogP contribution in [0, 0.1) is 21.4 Å². The Kier molecular flexibility index (Phi) is 6.12. The summed E-state index contributed by atoms with van der Waals surface area (Å²) < 4.78 is 4.90. The van der Waals surface area contributed by atoms with Gasteiger partial charge in [0.2, 0.25) is 5.75 Å². The van der Waals surface area contributed by atoms with Gasteiger partial charge >= 0.3 is 5.69 Å². The molecule has 2 N–H and O–H groups in total. The first kappa shape index (κ1) is 19.5. The third kappa shape index (κ3) is 4.61. The quantitative estimate of drug-likeness (QED) is 0.349. The third-order valence-electron chi connectivity index (χ3n) is 3.79. The van der Waals surface area contributed by atoms with E-state index in [1.807, 2.05) is 19.1 Å². The number of hydrogen-bond donors (Lipinski definition) is 2. The molecular formula is C19H17N3O5. The number of aromatic hydroxyl groups is 1. The van der Waals surface area contributed by atoms with Gasteiger partial charge in [-0.25, -0.2) is 0 Å². The molecule has 0 aliphatic carbocycles. The first-order chi connectivity index (χ1) is 12.9. The van der Waals surface area contributed by atoms with Crippen LogP contribution in [0.3, 0.4) is 0 Å². The summed E-state index contributed by atoms with van der Waals surface area (Å²) in [6, 6.07) is 11.3. The second kappa shape index (κ2) is 8.49. The second-order valence-corrected chi connectivity index (χ2v) is 5.52. The van der Waals surface area contributed by atoms with Crippen LogP contribution in [0.15, 0.2) is 42.0 Å². The van der Waals surface area contributed by atoms with Crippen LogP contribution in [-0.2, 0) is 11.2 Å². The Morgan fingerprint density at radius 3 is 2.56 bits per heavy atom. The molecule has 0 radical (unpaired) electrons. The summed E-state index contributed by atoms with van der Waals surface area (Å²) in [5.74, 6) is -1.42. The molecule has 8 heteroatoms. The van der Waals surface area contributed by atoms with Crippen LogP contribution < -0.4 is 10.1 Å². The fraction of sp³-hybridized carbons (Fsp3) is 0.158. The number of methoxy groups -OCH3 is 1. The van der Waals surface area contributed by atoms with Crippen LogP contribution in [-0.4, -0.2) is 23.0 Å². The Balaban J connectivity index is 2.34. The van der Waals surface area contributed by atoms with E-state index in [9.17, 15) is 25.3 Å². The van der Waals surface area contributed by atoms with E-state index in [2.05, 4.69) is 5.32 Å². The molecule has 0 unspecified atom stereocenters. The molecule has 2 aromatic rings. The Hall–Kier alpha value is -3.86. The van der Waals surface area contributed by atoms with Gasteiger partial charge in [0.1, 0.15) is 11.6 Å². The van der Waals surface area contributed by atoms with Crippen LogP contribution >= 0.6 is 0 Å². The van der Waals surface area contributed by atoms with Gasteiger partial charge in [-0.3, -0.25) is 14.9 Å². The maximum absolute atomic E-state index is 12.3. The van der Waals surface area contributed by atoms with E-state index in [0.29, 0.717) is 5.69 Å². The molecule has 0 fully saturated rings. The summed E-state index contributed by atoms with van der Waals surface area (Å²) in [7, 11) is 1.24. The van der Waals surface area contributed by atoms with Gasteiger partial charge in [0.15, 0.2) is 5.75 Å². The monoisotopic (exact) mass is 367 g/mol. The number of phenols is 1. The van der Waals surface area contributed by atoms with Crippen molar-refractivity contribution >= 4 is 23.4 Å². The highest BCUT2D eigenvalue weighted by Gasteiger charge is 2.20. The van der Waals surface area contributed by atoms with Crippen molar-refractivity contribution in [2.24, 2.45) is 0 Å². The number of nitro groups is 1. The fourth-order valence-corrected chi connectivity index (χ4v) is 2.33. The van der Waals surface area contributed by atoms with Crippen LogP contribution in [0.5, 0.6) is 11.5 Å². The summed E-state index contributed by atoms with van der Waals surface area (Å²) in [4.78, 5) is 22.6. The SMILES string of the molecule is CCc1ccc(NC(=O)/C(C#N)=C\c2cc(OC)c(O)c([N+](=O)[O-])c2)cc1. The third-order valence-corrected chi connectivity index (χ3v) is 3.79. The molecule has 0 atom stereocenters. The molecule has 0 bridgehead atoms. The minimum atomic E-state index is -0.781. The molecular weight excluding hydrogens is 350 g/mol. The molecule has 2 rings (SSSR count). The van der Waals surface area contributed by atoms with Gasteiger partial charge in [0, 0.05) is 11.8 Å². The molecule has 27 heavy (non-hydrogen) atoms. The number of rotatable bonds is 6. The number of aryl methyl sites for hydroxylation is 1. The minimum absolute atomic E-state index is 0.136. The highest BCUT2D eigenvalue weighted by molar-refractivity contribution is 6.09. The molecule has 0 saturated heterocycles. The number of anilines is 1. The van der Waals surface area contributed by atoms with Gasteiger partial charge in [-0.15, -0.1) is 0 Å². The highest BCUT2D eigenvalue weighted by atomic mass is 16.6. The van der Waals surface area contributed by atoms with Gasteiger partial charge in [0.05, 0.1) is 12.0 Å². The maximum atomic E-state index is 12.3. The van der Waals surface area contributed by atoms with Crippen LogP contribution in [0.1, 0.15) is 18.1 Å². The topological polar surface area (TPSA) is 125 Å². The summed E-state index contributed by atoms with van der Waals surface area (Å²) in [6.07, 6.45) is 2.05. The normalized spacial score (nSPS) is 10.8. The number of nitriles is 1. The van der Waals surface area contributed by atoms with E-state index >= 15 is 0 Å². The van der Waals surface area contributed by atoms with E-state index < -0.39 is 22.3 Å². The predicted octanol–water partition coefficient (Wildman–Crippen LogP) is 3.42. The minimum Gasteiger partial charge on any atom is -0.500 e. The van der Waals surface area contributed by atoms with E-state index in [1.165, 1.54) is 19.3 Å². The molecule has 1 amide bonds. The number of phenolic OH excluding ortho intramolecular Hbond substituents is 1. The molecule has 2 aromatic carbocycles. The van der Waals surface area contributed by atoms with Crippen molar-refractivity contribution in [2.75, 3.05) is 12.4 Å². The number of ether oxygens (including phenoxy) is 1. The Bertz CT molecular complexity index is 943. The molecule has 0 spiro atoms. The number of nitrogens with zero attached hydrogens (tertiary/aromatic N) is 2. The molecule has 0 heterocycles. The van der Waals surface area contributed by atoms with Crippen molar-refractivity contribution in [3.63, 3.8) is 0 Å². The van der Waals surface area contributed by atoms with Gasteiger partial charge in [-0.2, -0.15) is 5.26 Å². The molecule has 8 nitrogen and oxygen atoms in total. The lowest BCUT2D eigenvalue weighted by Gasteiger charge is -2.07. The van der Waals surface area contributed by atoms with E-state index in [-0.39, 0.29) is 16.9 Å². The maximum Gasteiger partial charge on any atom is 0.315 e. The van der Waals surface area contributed by atoms with Crippen molar-refractivity contribution in [3.8, 4) is 17.6 Å². The lowest BCUT2D eigenvalue weighted by Crippen LogP contribution is -2.13. The first-order valence-corrected chi connectivity index (χ1v) is 7.97. The smallest absolute Gasteiger partial charge is 0.315 e. The van der Waals surface area contributed by atoms with Gasteiger partial charge in [0.25, 0.3) is 5.91 Å². The largest absolute Gasteiger partial charge is 0.500 e. The van der Waals surface area contributed by atoms with Crippen LogP contribution in [0.4, 0.5) is 11.4 Å². The molecule has 138 valence electrons. The summed E-state index contributed by atoms with van der Waals surface area (Å²) in [5.41, 5.74) is 0.953. The summed E-state index contributed by atoms with van der Waals surface area (Å²) in [5, 5.41) is 32.7. The van der Waals surface area contributed by atoms with Crippen LogP contribution in [0.25, 0.3) is 6.08 Å². The first-order valence-electron chi connectivity index (χ1n) is 7.97. The number of carbonyl (C=O) groups is 1. The molecule has 0 aromatic heterocycles. The summed E-state index contributed by atoms with van der Waals surface area (Å²) in [6.45, 7) is 2.01. The average molecular weight is 367 g/mol. The van der Waals surface area contributed by atoms with Crippen molar-refractivity contribution in [2.45, 2.75) is 13.3 Å². The number of amides is 1. The Morgan fingerprint density at radius 2 is 2.04 bits per heavy atom. The van der Waals surface area contributed by atoms with E-state index in [0.717, 1.165) is 18.1 Å². The van der Waals surface area contributed by atoms with E-state index in [4.69, 9.17) is 4.74 Å². The Labute approximate surface area is 155 Å². The zero-order valence-electron chi connectivity index (χ0n) is 14.7. The van der Waals surface area contributed by atoms with Crippen molar-refractivity contribution < 1.29 is 19.6 Å². The number of hydrogen-bond acceptors (Lipinski definition) is 6. The van der Waals surface area contributed by atoms with Crippen molar-refractivity contribution in [1.82, 2.24) is 0 Å². The van der Waals surface area contributed by atoms with Gasteiger partial charge in [-0.1, -0.05) is 19.1 Å². The lowest BCUT2D eigenvalue weighted by atomic mass is 10.1. The fourth-order valence-electron chi connectivity index (χ4n) is 2.33. The number of nitro benzene ring substituents is 1. The highest BCUT2D eigenvalue weighted by Crippen LogP contribution is 2.37. The molecule has 0 aliphatic rings. The Morgan fingerprint density at radius 1 is 1.37 bits per heavy atom. The zero-order chi connectivity index (χ0) is 20.0. The molecule has 0 saturated carbocycles. The van der Waals surface area contributed by atoms with Gasteiger partial charge in [-0.05, 0) is 41.8 Å². The van der Waals surface area contributed by atoms with Gasteiger partial charge < -0.3 is 15.2 Å². The zero-order valence-corrected chi connectivity index (χ0v) is 14.7. The van der Waals surface area contributed by atoms with Crippen molar-refractivity contribution in [1.29, 1.82) is 5.26 Å². The number of nitrogens with one attached hydrogen (secondary N) is 1.